The van der Waals surface area contributed by atoms with E-state index in [0.29, 0.717) is 0 Å². The molecule has 0 radical (unpaired) electrons. The van der Waals surface area contributed by atoms with Crippen LogP contribution in [0.2, 0.25) is 0 Å². The highest BCUT2D eigenvalue weighted by molar-refractivity contribution is 6.28. The predicted molar refractivity (Wildman–Crippen MR) is 92.3 cm³/mol. The van der Waals surface area contributed by atoms with Crippen molar-refractivity contribution in [2.24, 2.45) is 0 Å². The van der Waals surface area contributed by atoms with Crippen LogP contribution >= 0.6 is 11.6 Å². The molecule has 0 fully saturated rings. The van der Waals surface area contributed by atoms with E-state index in [4.69, 9.17) is 11.6 Å². The summed E-state index contributed by atoms with van der Waals surface area (Å²) in [6.45, 7) is 4.21. The number of nitrogens with zero attached hydrogens (tertiary/aromatic N) is 1. The lowest BCUT2D eigenvalue weighted by molar-refractivity contribution is 0.816. The molecule has 0 saturated heterocycles. The number of hydrogen-bond acceptors (Lipinski definition) is 1. The third kappa shape index (κ3) is 2.42. The van der Waals surface area contributed by atoms with Crippen molar-refractivity contribution in [2.45, 2.75) is 18.7 Å². The lowest BCUT2D eigenvalue weighted by Crippen LogP contribution is -2.26. The first-order chi connectivity index (χ1) is 10.6. The van der Waals surface area contributed by atoms with Gasteiger partial charge < -0.3 is 0 Å². The minimum absolute atomic E-state index is 0.780. The van der Waals surface area contributed by atoms with Crippen LogP contribution in [-0.4, -0.2) is 4.98 Å². The number of benzene rings is 2. The Morgan fingerprint density at radius 1 is 0.773 bits per heavy atom. The number of aromatic nitrogens is 1. The highest BCUT2D eigenvalue weighted by Crippen LogP contribution is 2.44. The molecule has 0 N–H and O–H groups in total. The van der Waals surface area contributed by atoms with E-state index in [-0.39, 0.29) is 0 Å². The summed E-state index contributed by atoms with van der Waals surface area (Å²) in [5.74, 6) is 0. The van der Waals surface area contributed by atoms with Gasteiger partial charge in [0.25, 0.3) is 0 Å². The lowest BCUT2D eigenvalue weighted by Gasteiger charge is -2.31. The summed E-state index contributed by atoms with van der Waals surface area (Å²) in [6.07, 6.45) is 1.79. The molecule has 1 atom stereocenters. The highest BCUT2D eigenvalue weighted by Gasteiger charge is 2.37. The number of rotatable bonds is 3. The minimum atomic E-state index is -0.780. The lowest BCUT2D eigenvalue weighted by atomic mass is 9.82. The zero-order valence-electron chi connectivity index (χ0n) is 12.8. The molecule has 0 spiro atoms. The summed E-state index contributed by atoms with van der Waals surface area (Å²) in [5.41, 5.74) is 5.34. The second kappa shape index (κ2) is 5.94. The summed E-state index contributed by atoms with van der Waals surface area (Å²) >= 11 is 7.26. The molecule has 0 aliphatic heterocycles. The van der Waals surface area contributed by atoms with Crippen molar-refractivity contribution in [3.05, 3.63) is 101 Å². The fourth-order valence-corrected chi connectivity index (χ4v) is 3.55. The van der Waals surface area contributed by atoms with Crippen molar-refractivity contribution in [1.29, 1.82) is 0 Å². The van der Waals surface area contributed by atoms with Crippen LogP contribution in [0.5, 0.6) is 0 Å². The standard InChI is InChI=1S/C20H18ClN/c1-15-9-8-10-16(2)19(15)20(21,17-11-4-3-5-12-17)18-13-6-7-14-22-18/h3-14H,1-2H3. The maximum atomic E-state index is 7.26. The van der Waals surface area contributed by atoms with Crippen LogP contribution in [0.15, 0.2) is 72.9 Å². The van der Waals surface area contributed by atoms with Gasteiger partial charge in [-0.1, -0.05) is 54.6 Å². The molecule has 0 amide bonds. The Morgan fingerprint density at radius 3 is 2.00 bits per heavy atom. The Morgan fingerprint density at radius 2 is 1.41 bits per heavy atom. The zero-order chi connectivity index (χ0) is 15.6. The molecule has 2 aromatic carbocycles. The molecule has 1 unspecified atom stereocenters. The average molecular weight is 308 g/mol. The maximum absolute atomic E-state index is 7.26. The molecular weight excluding hydrogens is 290 g/mol. The Bertz CT molecular complexity index is 706. The van der Waals surface area contributed by atoms with Crippen molar-refractivity contribution < 1.29 is 0 Å². The summed E-state index contributed by atoms with van der Waals surface area (Å²) in [6, 6.07) is 22.3. The van der Waals surface area contributed by atoms with Crippen molar-refractivity contribution in [3.63, 3.8) is 0 Å². The largest absolute Gasteiger partial charge is 0.259 e. The van der Waals surface area contributed by atoms with Crippen molar-refractivity contribution in [1.82, 2.24) is 4.98 Å². The molecule has 0 bridgehead atoms. The number of halogens is 1. The van der Waals surface area contributed by atoms with Gasteiger partial charge in [0.2, 0.25) is 0 Å². The first-order valence-corrected chi connectivity index (χ1v) is 7.74. The molecule has 0 saturated carbocycles. The van der Waals surface area contributed by atoms with E-state index < -0.39 is 4.87 Å². The molecule has 0 aliphatic rings. The normalized spacial score (nSPS) is 13.6. The van der Waals surface area contributed by atoms with Gasteiger partial charge in [-0.3, -0.25) is 4.98 Å². The van der Waals surface area contributed by atoms with Gasteiger partial charge in [-0.15, -0.1) is 11.6 Å². The Balaban J connectivity index is 2.34. The van der Waals surface area contributed by atoms with Crippen LogP contribution in [0.3, 0.4) is 0 Å². The summed E-state index contributed by atoms with van der Waals surface area (Å²) in [4.78, 5) is 3.77. The third-order valence-corrected chi connectivity index (χ3v) is 4.62. The van der Waals surface area contributed by atoms with Gasteiger partial charge >= 0.3 is 0 Å². The summed E-state index contributed by atoms with van der Waals surface area (Å²) in [5, 5.41) is 0. The molecule has 1 heterocycles. The number of pyridine rings is 1. The van der Waals surface area contributed by atoms with Gasteiger partial charge in [0.15, 0.2) is 0 Å². The maximum Gasteiger partial charge on any atom is 0.137 e. The van der Waals surface area contributed by atoms with Gasteiger partial charge in [-0.25, -0.2) is 0 Å². The molecule has 1 aromatic heterocycles. The average Bonchev–Trinajstić information content (AvgIpc) is 2.56. The fourth-order valence-electron chi connectivity index (χ4n) is 3.01. The van der Waals surface area contributed by atoms with Gasteiger partial charge in [-0.2, -0.15) is 0 Å². The SMILES string of the molecule is Cc1cccc(C)c1C(Cl)(c1ccccc1)c1ccccn1. The molecule has 3 rings (SSSR count). The van der Waals surface area contributed by atoms with Gasteiger partial charge in [-0.05, 0) is 48.2 Å². The van der Waals surface area contributed by atoms with Crippen molar-refractivity contribution in [2.75, 3.05) is 0 Å². The van der Waals surface area contributed by atoms with Crippen LogP contribution < -0.4 is 0 Å². The number of aryl methyl sites for hydroxylation is 2. The van der Waals surface area contributed by atoms with Crippen molar-refractivity contribution in [3.8, 4) is 0 Å². The van der Waals surface area contributed by atoms with E-state index in [9.17, 15) is 0 Å². The fraction of sp³-hybridized carbons (Fsp3) is 0.150. The van der Waals surface area contributed by atoms with Crippen LogP contribution in [-0.2, 0) is 4.87 Å². The van der Waals surface area contributed by atoms with E-state index in [1.165, 1.54) is 11.1 Å². The molecule has 3 aromatic rings. The van der Waals surface area contributed by atoms with Crippen LogP contribution in [0, 0.1) is 13.8 Å². The predicted octanol–water partition coefficient (Wildman–Crippen LogP) is 5.23. The molecule has 2 heteroatoms. The van der Waals surface area contributed by atoms with Crippen LogP contribution in [0.4, 0.5) is 0 Å². The second-order valence-electron chi connectivity index (χ2n) is 5.51. The molecular formula is C20H18ClN. The van der Waals surface area contributed by atoms with E-state index in [1.54, 1.807) is 6.20 Å². The summed E-state index contributed by atoms with van der Waals surface area (Å²) < 4.78 is 0. The summed E-state index contributed by atoms with van der Waals surface area (Å²) in [7, 11) is 0. The molecule has 1 nitrogen and oxygen atoms in total. The van der Waals surface area contributed by atoms with E-state index in [0.717, 1.165) is 16.8 Å². The third-order valence-electron chi connectivity index (χ3n) is 4.02. The first-order valence-electron chi connectivity index (χ1n) is 7.36. The number of hydrogen-bond donors (Lipinski definition) is 0. The molecule has 110 valence electrons. The molecule has 0 aliphatic carbocycles. The number of alkyl halides is 1. The van der Waals surface area contributed by atoms with E-state index in [1.807, 2.05) is 36.4 Å². The monoisotopic (exact) mass is 307 g/mol. The second-order valence-corrected chi connectivity index (χ2v) is 6.07. The van der Waals surface area contributed by atoms with E-state index in [2.05, 4.69) is 49.2 Å². The van der Waals surface area contributed by atoms with Gasteiger partial charge in [0.1, 0.15) is 4.87 Å². The first kappa shape index (κ1) is 14.8. The van der Waals surface area contributed by atoms with Crippen molar-refractivity contribution >= 4 is 11.6 Å². The minimum Gasteiger partial charge on any atom is -0.259 e. The van der Waals surface area contributed by atoms with E-state index >= 15 is 0 Å². The topological polar surface area (TPSA) is 12.9 Å². The Labute approximate surface area is 136 Å². The Hall–Kier alpha value is -2.12. The van der Waals surface area contributed by atoms with Crippen LogP contribution in [0.1, 0.15) is 27.9 Å². The van der Waals surface area contributed by atoms with Gasteiger partial charge in [0, 0.05) is 6.20 Å². The quantitative estimate of drug-likeness (QED) is 0.604. The Kier molecular flexibility index (Phi) is 4.00. The smallest absolute Gasteiger partial charge is 0.137 e. The van der Waals surface area contributed by atoms with Crippen LogP contribution in [0.25, 0.3) is 0 Å². The highest BCUT2D eigenvalue weighted by atomic mass is 35.5. The van der Waals surface area contributed by atoms with Gasteiger partial charge in [0.05, 0.1) is 5.69 Å². The molecule has 22 heavy (non-hydrogen) atoms. The zero-order valence-corrected chi connectivity index (χ0v) is 13.5.